The predicted octanol–water partition coefficient (Wildman–Crippen LogP) is 8.41. The molecule has 0 fully saturated rings. The van der Waals surface area contributed by atoms with Crippen molar-refractivity contribution in [2.45, 2.75) is 26.3 Å². The van der Waals surface area contributed by atoms with Gasteiger partial charge in [0.15, 0.2) is 0 Å². The van der Waals surface area contributed by atoms with E-state index in [1.165, 1.54) is 18.2 Å². The first-order valence-corrected chi connectivity index (χ1v) is 13.9. The van der Waals surface area contributed by atoms with E-state index in [4.69, 9.17) is 9.72 Å². The maximum absolute atomic E-state index is 11.2. The predicted molar refractivity (Wildman–Crippen MR) is 166 cm³/mol. The van der Waals surface area contributed by atoms with Crippen LogP contribution in [-0.4, -0.2) is 29.2 Å². The number of aryl methyl sites for hydroxylation is 1. The van der Waals surface area contributed by atoms with Gasteiger partial charge in [-0.1, -0.05) is 97.1 Å². The summed E-state index contributed by atoms with van der Waals surface area (Å²) in [5.74, 6) is 1.50. The summed E-state index contributed by atoms with van der Waals surface area (Å²) in [6.45, 7) is 3.46. The zero-order valence-corrected chi connectivity index (χ0v) is 23.5. The highest BCUT2D eigenvalue weighted by Gasteiger charge is 2.08. The van der Waals surface area contributed by atoms with Gasteiger partial charge in [0, 0.05) is 24.7 Å². The average Bonchev–Trinajstić information content (AvgIpc) is 3.46. The topological polar surface area (TPSA) is 53.4 Å². The van der Waals surface area contributed by atoms with Gasteiger partial charge < -0.3 is 14.0 Å². The summed E-state index contributed by atoms with van der Waals surface area (Å²) < 4.78 is 12.6. The minimum absolute atomic E-state index is 0.215. The van der Waals surface area contributed by atoms with Gasteiger partial charge in [-0.25, -0.2) is 4.98 Å². The highest BCUT2D eigenvalue weighted by atomic mass is 16.5. The van der Waals surface area contributed by atoms with Crippen LogP contribution in [0.25, 0.3) is 45.7 Å². The molecule has 206 valence electrons. The number of benzene rings is 4. The highest BCUT2D eigenvalue weighted by molar-refractivity contribution is 5.73. The zero-order chi connectivity index (χ0) is 28.4. The highest BCUT2D eigenvalue weighted by Crippen LogP contribution is 2.26. The monoisotopic (exact) mass is 542 g/mol. The summed E-state index contributed by atoms with van der Waals surface area (Å²) >= 11 is 0. The summed E-state index contributed by atoms with van der Waals surface area (Å²) in [6.07, 6.45) is 7.29. The van der Waals surface area contributed by atoms with Gasteiger partial charge in [-0.2, -0.15) is 0 Å². The Morgan fingerprint density at radius 1 is 0.756 bits per heavy atom. The van der Waals surface area contributed by atoms with Gasteiger partial charge in [0.2, 0.25) is 0 Å². The number of imidazole rings is 1. The summed E-state index contributed by atoms with van der Waals surface area (Å²) in [5, 5.41) is 0. The first-order chi connectivity index (χ1) is 20.1. The summed E-state index contributed by atoms with van der Waals surface area (Å²) in [7, 11) is 1.40. The fourth-order valence-electron chi connectivity index (χ4n) is 4.63. The van der Waals surface area contributed by atoms with Crippen molar-refractivity contribution in [2.24, 2.45) is 0 Å². The number of hydrogen-bond acceptors (Lipinski definition) is 4. The summed E-state index contributed by atoms with van der Waals surface area (Å²) in [4.78, 5) is 16.1. The number of methoxy groups -OCH3 is 1. The minimum atomic E-state index is -0.215. The molecule has 5 rings (SSSR count). The van der Waals surface area contributed by atoms with Crippen LogP contribution in [-0.2, 0) is 16.1 Å². The van der Waals surface area contributed by atoms with Crippen molar-refractivity contribution in [3.8, 4) is 39.3 Å². The van der Waals surface area contributed by atoms with Gasteiger partial charge in [-0.05, 0) is 59.4 Å². The molecular formula is C36H34N2O3. The lowest BCUT2D eigenvalue weighted by Crippen LogP contribution is -2.04. The number of carbonyl (C=O) groups is 1. The molecule has 41 heavy (non-hydrogen) atoms. The smallest absolute Gasteiger partial charge is 0.305 e. The molecule has 5 nitrogen and oxygen atoms in total. The van der Waals surface area contributed by atoms with Crippen molar-refractivity contribution in [3.05, 3.63) is 121 Å². The normalized spacial score (nSPS) is 11.1. The van der Waals surface area contributed by atoms with Crippen molar-refractivity contribution in [1.82, 2.24) is 9.55 Å². The van der Waals surface area contributed by atoms with E-state index in [0.29, 0.717) is 19.4 Å². The second kappa shape index (κ2) is 13.4. The van der Waals surface area contributed by atoms with Crippen LogP contribution in [0, 0.1) is 0 Å². The van der Waals surface area contributed by atoms with E-state index in [1.807, 2.05) is 30.3 Å². The molecule has 0 radical (unpaired) electrons. The minimum Gasteiger partial charge on any atom is -0.494 e. The van der Waals surface area contributed by atoms with Crippen LogP contribution in [0.1, 0.15) is 31.2 Å². The Morgan fingerprint density at radius 3 is 1.98 bits per heavy atom. The molecule has 0 aliphatic carbocycles. The maximum Gasteiger partial charge on any atom is 0.305 e. The van der Waals surface area contributed by atoms with Crippen LogP contribution in [0.3, 0.4) is 0 Å². The molecule has 4 aromatic carbocycles. The van der Waals surface area contributed by atoms with Crippen LogP contribution in [0.4, 0.5) is 0 Å². The Hall–Kier alpha value is -4.90. The molecule has 0 aliphatic heterocycles. The Bertz CT molecular complexity index is 1580. The molecule has 0 aliphatic rings. The molecule has 5 heteroatoms. The molecule has 5 aromatic rings. The molecule has 1 aromatic heterocycles. The lowest BCUT2D eigenvalue weighted by molar-refractivity contribution is -0.140. The number of hydrogen-bond donors (Lipinski definition) is 0. The van der Waals surface area contributed by atoms with Gasteiger partial charge in [0.05, 0.1) is 19.4 Å². The standard InChI is InChI=1S/C36H34N2O3/c1-3-38-26-34(32-18-16-30(17-19-32)28-8-5-4-6-9-28)37-35(38)24-13-27-11-14-29(15-12-27)31-20-22-33(23-21-31)41-25-7-10-36(39)40-2/h4-6,8-9,11-24,26H,3,7,10,25H2,1-2H3/b24-13+. The van der Waals surface area contributed by atoms with Gasteiger partial charge in [0.25, 0.3) is 0 Å². The van der Waals surface area contributed by atoms with Gasteiger partial charge in [-0.3, -0.25) is 4.79 Å². The molecule has 0 amide bonds. The number of esters is 1. The molecule has 0 atom stereocenters. The van der Waals surface area contributed by atoms with Crippen molar-refractivity contribution in [2.75, 3.05) is 13.7 Å². The molecule has 1 heterocycles. The van der Waals surface area contributed by atoms with Gasteiger partial charge in [0.1, 0.15) is 11.6 Å². The molecule has 0 saturated carbocycles. The van der Waals surface area contributed by atoms with E-state index in [2.05, 4.69) is 107 Å². The van der Waals surface area contributed by atoms with Crippen molar-refractivity contribution >= 4 is 18.1 Å². The number of nitrogens with zero attached hydrogens (tertiary/aromatic N) is 2. The Balaban J connectivity index is 1.22. The number of rotatable bonds is 11. The molecule has 0 saturated heterocycles. The van der Waals surface area contributed by atoms with E-state index in [1.54, 1.807) is 0 Å². The Morgan fingerprint density at radius 2 is 1.34 bits per heavy atom. The van der Waals surface area contributed by atoms with Crippen molar-refractivity contribution in [1.29, 1.82) is 0 Å². The van der Waals surface area contributed by atoms with Gasteiger partial charge in [-0.15, -0.1) is 0 Å². The number of ether oxygens (including phenoxy) is 2. The molecule has 0 N–H and O–H groups in total. The molecular weight excluding hydrogens is 508 g/mol. The summed E-state index contributed by atoms with van der Waals surface area (Å²) in [6, 6.07) is 35.5. The lowest BCUT2D eigenvalue weighted by atomic mass is 10.0. The third-order valence-electron chi connectivity index (χ3n) is 6.98. The first-order valence-electron chi connectivity index (χ1n) is 13.9. The van der Waals surface area contributed by atoms with Crippen LogP contribution < -0.4 is 4.74 Å². The molecule has 0 unspecified atom stereocenters. The van der Waals surface area contributed by atoms with Crippen LogP contribution >= 0.6 is 0 Å². The van der Waals surface area contributed by atoms with E-state index < -0.39 is 0 Å². The Labute approximate surface area is 241 Å². The number of aromatic nitrogens is 2. The molecule has 0 spiro atoms. The first kappa shape index (κ1) is 27.7. The van der Waals surface area contributed by atoms with Gasteiger partial charge >= 0.3 is 5.97 Å². The molecule has 0 bridgehead atoms. The largest absolute Gasteiger partial charge is 0.494 e. The fraction of sp³-hybridized carbons (Fsp3) is 0.167. The van der Waals surface area contributed by atoms with E-state index in [0.717, 1.165) is 46.1 Å². The SMILES string of the molecule is CCn1cc(-c2ccc(-c3ccccc3)cc2)nc1/C=C/c1ccc(-c2ccc(OCCCC(=O)OC)cc2)cc1. The van der Waals surface area contributed by atoms with Crippen molar-refractivity contribution in [3.63, 3.8) is 0 Å². The fourth-order valence-corrected chi connectivity index (χ4v) is 4.63. The quantitative estimate of drug-likeness (QED) is 0.124. The summed E-state index contributed by atoms with van der Waals surface area (Å²) in [5.41, 5.74) is 7.85. The number of carbonyl (C=O) groups excluding carboxylic acids is 1. The zero-order valence-electron chi connectivity index (χ0n) is 23.5. The van der Waals surface area contributed by atoms with E-state index >= 15 is 0 Å². The third-order valence-corrected chi connectivity index (χ3v) is 6.98. The van der Waals surface area contributed by atoms with E-state index in [-0.39, 0.29) is 5.97 Å². The lowest BCUT2D eigenvalue weighted by Gasteiger charge is -2.07. The maximum atomic E-state index is 11.2. The van der Waals surface area contributed by atoms with Crippen LogP contribution in [0.5, 0.6) is 5.75 Å². The Kier molecular flexibility index (Phi) is 9.07. The average molecular weight is 543 g/mol. The second-order valence-corrected chi connectivity index (χ2v) is 9.72. The third kappa shape index (κ3) is 7.20. The van der Waals surface area contributed by atoms with E-state index in [9.17, 15) is 4.79 Å². The van der Waals surface area contributed by atoms with Crippen molar-refractivity contribution < 1.29 is 14.3 Å². The second-order valence-electron chi connectivity index (χ2n) is 9.72. The van der Waals surface area contributed by atoms with Crippen LogP contribution in [0.15, 0.2) is 109 Å². The van der Waals surface area contributed by atoms with Crippen LogP contribution in [0.2, 0.25) is 0 Å².